The van der Waals surface area contributed by atoms with Crippen molar-refractivity contribution >= 4 is 16.8 Å². The Kier molecular flexibility index (Phi) is 3.42. The molecule has 1 aromatic heterocycles. The third kappa shape index (κ3) is 2.67. The molecule has 0 bridgehead atoms. The maximum absolute atomic E-state index is 12.0. The second-order valence-corrected chi connectivity index (χ2v) is 4.58. The molecule has 2 aromatic carbocycles. The zero-order chi connectivity index (χ0) is 13.8. The molecule has 3 heteroatoms. The fourth-order valence-electron chi connectivity index (χ4n) is 2.11. The van der Waals surface area contributed by atoms with Crippen LogP contribution in [0.4, 0.5) is 0 Å². The van der Waals surface area contributed by atoms with Gasteiger partial charge in [-0.05, 0) is 35.9 Å². The molecule has 0 aliphatic rings. The summed E-state index contributed by atoms with van der Waals surface area (Å²) in [7, 11) is 0. The lowest BCUT2D eigenvalue weighted by atomic mass is 10.1. The molecule has 1 amide bonds. The van der Waals surface area contributed by atoms with Crippen molar-refractivity contribution in [3.8, 4) is 0 Å². The van der Waals surface area contributed by atoms with E-state index in [4.69, 9.17) is 0 Å². The summed E-state index contributed by atoms with van der Waals surface area (Å²) in [4.78, 5) is 16.2. The fraction of sp³-hybridized carbons (Fsp3) is 0.0588. The van der Waals surface area contributed by atoms with Crippen molar-refractivity contribution < 1.29 is 4.79 Å². The quantitative estimate of drug-likeness (QED) is 0.787. The second-order valence-electron chi connectivity index (χ2n) is 4.58. The molecule has 1 heterocycles. The molecule has 0 saturated carbocycles. The van der Waals surface area contributed by atoms with E-state index in [0.717, 1.165) is 16.5 Å². The van der Waals surface area contributed by atoms with Gasteiger partial charge >= 0.3 is 0 Å². The monoisotopic (exact) mass is 262 g/mol. The average molecular weight is 262 g/mol. The summed E-state index contributed by atoms with van der Waals surface area (Å²) in [5, 5.41) is 4.00. The molecule has 0 fully saturated rings. The number of fused-ring (bicyclic) bond motifs is 1. The number of hydrogen-bond donors (Lipinski definition) is 1. The molecule has 0 saturated heterocycles. The summed E-state index contributed by atoms with van der Waals surface area (Å²) < 4.78 is 0. The largest absolute Gasteiger partial charge is 0.348 e. The molecule has 3 nitrogen and oxygen atoms in total. The van der Waals surface area contributed by atoms with E-state index in [1.165, 1.54) is 0 Å². The maximum atomic E-state index is 12.0. The number of nitrogens with one attached hydrogen (secondary N) is 1. The molecule has 0 unspecified atom stereocenters. The number of pyridine rings is 1. The van der Waals surface area contributed by atoms with Gasteiger partial charge in [-0.1, -0.05) is 30.3 Å². The first-order valence-corrected chi connectivity index (χ1v) is 6.50. The molecule has 0 spiro atoms. The normalized spacial score (nSPS) is 10.4. The van der Waals surface area contributed by atoms with Crippen LogP contribution in [0.1, 0.15) is 15.9 Å². The highest BCUT2D eigenvalue weighted by Crippen LogP contribution is 2.13. The van der Waals surface area contributed by atoms with Crippen LogP contribution < -0.4 is 5.32 Å². The minimum atomic E-state index is -0.0584. The van der Waals surface area contributed by atoms with Crippen LogP contribution in [0.15, 0.2) is 66.9 Å². The van der Waals surface area contributed by atoms with Gasteiger partial charge in [0.05, 0.1) is 5.52 Å². The number of amides is 1. The number of aromatic nitrogens is 1. The third-order valence-electron chi connectivity index (χ3n) is 3.16. The van der Waals surface area contributed by atoms with Gasteiger partial charge in [-0.15, -0.1) is 0 Å². The van der Waals surface area contributed by atoms with Crippen LogP contribution in [0.5, 0.6) is 0 Å². The summed E-state index contributed by atoms with van der Waals surface area (Å²) in [5.41, 5.74) is 2.70. The highest BCUT2D eigenvalue weighted by molar-refractivity contribution is 5.94. The first-order valence-electron chi connectivity index (χ1n) is 6.50. The third-order valence-corrected chi connectivity index (χ3v) is 3.16. The molecule has 98 valence electrons. The molecular weight excluding hydrogens is 248 g/mol. The van der Waals surface area contributed by atoms with Gasteiger partial charge in [0.2, 0.25) is 0 Å². The molecule has 0 aliphatic carbocycles. The van der Waals surface area contributed by atoms with Gasteiger partial charge in [-0.3, -0.25) is 9.78 Å². The number of rotatable bonds is 3. The Morgan fingerprint density at radius 2 is 1.85 bits per heavy atom. The standard InChI is InChI=1S/C17H14N2O/c20-17(14-5-2-1-3-6-14)19-12-13-8-9-16-15(11-13)7-4-10-18-16/h1-11H,12H2,(H,19,20). The Morgan fingerprint density at radius 1 is 1.00 bits per heavy atom. The van der Waals surface area contributed by atoms with Crippen LogP contribution >= 0.6 is 0 Å². The SMILES string of the molecule is O=C(NCc1ccc2ncccc2c1)c1ccccc1. The molecule has 3 aromatic rings. The van der Waals surface area contributed by atoms with Crippen molar-refractivity contribution in [2.24, 2.45) is 0 Å². The minimum absolute atomic E-state index is 0.0584. The van der Waals surface area contributed by atoms with Gasteiger partial charge in [0.1, 0.15) is 0 Å². The fourth-order valence-corrected chi connectivity index (χ4v) is 2.11. The lowest BCUT2D eigenvalue weighted by Crippen LogP contribution is -2.22. The van der Waals surface area contributed by atoms with E-state index < -0.39 is 0 Å². The van der Waals surface area contributed by atoms with Gasteiger partial charge < -0.3 is 5.32 Å². The predicted molar refractivity (Wildman–Crippen MR) is 79.4 cm³/mol. The van der Waals surface area contributed by atoms with Crippen molar-refractivity contribution in [2.75, 3.05) is 0 Å². The number of hydrogen-bond acceptors (Lipinski definition) is 2. The van der Waals surface area contributed by atoms with E-state index >= 15 is 0 Å². The van der Waals surface area contributed by atoms with Crippen molar-refractivity contribution in [3.63, 3.8) is 0 Å². The first kappa shape index (κ1) is 12.4. The Bertz CT molecular complexity index is 738. The number of benzene rings is 2. The molecule has 0 aliphatic heterocycles. The maximum Gasteiger partial charge on any atom is 0.251 e. The first-order chi connectivity index (χ1) is 9.83. The van der Waals surface area contributed by atoms with E-state index in [9.17, 15) is 4.79 Å². The minimum Gasteiger partial charge on any atom is -0.348 e. The van der Waals surface area contributed by atoms with E-state index in [0.29, 0.717) is 12.1 Å². The van der Waals surface area contributed by atoms with Gasteiger partial charge in [0.25, 0.3) is 5.91 Å². The zero-order valence-electron chi connectivity index (χ0n) is 10.9. The Hall–Kier alpha value is -2.68. The van der Waals surface area contributed by atoms with E-state index in [1.54, 1.807) is 18.3 Å². The summed E-state index contributed by atoms with van der Waals surface area (Å²) in [6.07, 6.45) is 1.78. The lowest BCUT2D eigenvalue weighted by Gasteiger charge is -2.06. The van der Waals surface area contributed by atoms with Crippen molar-refractivity contribution in [1.29, 1.82) is 0 Å². The summed E-state index contributed by atoms with van der Waals surface area (Å²) in [6, 6.07) is 19.2. The van der Waals surface area contributed by atoms with E-state index in [2.05, 4.69) is 10.3 Å². The summed E-state index contributed by atoms with van der Waals surface area (Å²) in [6.45, 7) is 0.512. The molecule has 1 N–H and O–H groups in total. The second kappa shape index (κ2) is 5.53. The van der Waals surface area contributed by atoms with Gasteiger partial charge in [0.15, 0.2) is 0 Å². The van der Waals surface area contributed by atoms with Crippen LogP contribution in [0.2, 0.25) is 0 Å². The smallest absolute Gasteiger partial charge is 0.251 e. The lowest BCUT2D eigenvalue weighted by molar-refractivity contribution is 0.0951. The van der Waals surface area contributed by atoms with Crippen LogP contribution in [-0.2, 0) is 6.54 Å². The molecule has 20 heavy (non-hydrogen) atoms. The van der Waals surface area contributed by atoms with Crippen LogP contribution in [0.3, 0.4) is 0 Å². The van der Waals surface area contributed by atoms with E-state index in [-0.39, 0.29) is 5.91 Å². The topological polar surface area (TPSA) is 42.0 Å². The summed E-state index contributed by atoms with van der Waals surface area (Å²) in [5.74, 6) is -0.0584. The Balaban J connectivity index is 1.72. The summed E-state index contributed by atoms with van der Waals surface area (Å²) >= 11 is 0. The zero-order valence-corrected chi connectivity index (χ0v) is 10.9. The van der Waals surface area contributed by atoms with Crippen LogP contribution in [0, 0.1) is 0 Å². The number of nitrogens with zero attached hydrogens (tertiary/aromatic N) is 1. The Labute approximate surface area is 117 Å². The molecule has 0 atom stereocenters. The average Bonchev–Trinajstić information content (AvgIpc) is 2.53. The predicted octanol–water partition coefficient (Wildman–Crippen LogP) is 3.16. The van der Waals surface area contributed by atoms with Gasteiger partial charge in [-0.25, -0.2) is 0 Å². The van der Waals surface area contributed by atoms with Crippen LogP contribution in [-0.4, -0.2) is 10.9 Å². The highest BCUT2D eigenvalue weighted by Gasteiger charge is 2.04. The molecular formula is C17H14N2O. The van der Waals surface area contributed by atoms with Gasteiger partial charge in [0, 0.05) is 23.7 Å². The van der Waals surface area contributed by atoms with Crippen LogP contribution in [0.25, 0.3) is 10.9 Å². The molecule has 3 rings (SSSR count). The number of carbonyl (C=O) groups excluding carboxylic acids is 1. The Morgan fingerprint density at radius 3 is 2.70 bits per heavy atom. The van der Waals surface area contributed by atoms with Gasteiger partial charge in [-0.2, -0.15) is 0 Å². The van der Waals surface area contributed by atoms with Crippen molar-refractivity contribution in [1.82, 2.24) is 10.3 Å². The highest BCUT2D eigenvalue weighted by atomic mass is 16.1. The number of carbonyl (C=O) groups is 1. The van der Waals surface area contributed by atoms with E-state index in [1.807, 2.05) is 48.5 Å². The molecule has 0 radical (unpaired) electrons. The van der Waals surface area contributed by atoms with Crippen molar-refractivity contribution in [3.05, 3.63) is 78.0 Å². The van der Waals surface area contributed by atoms with Crippen molar-refractivity contribution in [2.45, 2.75) is 6.54 Å².